The molecule has 3 rings (SSSR count). The normalized spacial score (nSPS) is 51.5. The van der Waals surface area contributed by atoms with Gasteiger partial charge in [-0.1, -0.05) is 20.4 Å². The lowest BCUT2D eigenvalue weighted by Crippen LogP contribution is -2.51. The van der Waals surface area contributed by atoms with E-state index in [-0.39, 0.29) is 17.3 Å². The van der Waals surface area contributed by atoms with Crippen LogP contribution >= 0.6 is 0 Å². The highest BCUT2D eigenvalue weighted by molar-refractivity contribution is 5.15. The van der Waals surface area contributed by atoms with E-state index in [2.05, 4.69) is 20.4 Å². The average molecular weight is 208 g/mol. The topological polar surface area (TPSA) is 18.5 Å². The van der Waals surface area contributed by atoms with E-state index in [0.717, 1.165) is 12.5 Å². The van der Waals surface area contributed by atoms with Gasteiger partial charge in [0.2, 0.25) is 0 Å². The molecule has 2 saturated carbocycles. The van der Waals surface area contributed by atoms with Crippen LogP contribution in [0.3, 0.4) is 0 Å². The maximum absolute atomic E-state index is 6.17. The first kappa shape index (κ1) is 9.86. The number of rotatable bonds is 1. The van der Waals surface area contributed by atoms with Gasteiger partial charge in [0, 0.05) is 0 Å². The van der Waals surface area contributed by atoms with Crippen LogP contribution in [0.4, 0.5) is 0 Å². The number of ether oxygens (including phenoxy) is 2. The second-order valence-electron chi connectivity index (χ2n) is 5.85. The molecular weight excluding hydrogens is 188 g/mol. The maximum atomic E-state index is 6.17. The molecule has 2 heteroatoms. The third kappa shape index (κ3) is 1.02. The van der Waals surface area contributed by atoms with Crippen molar-refractivity contribution in [2.24, 2.45) is 17.3 Å². The Kier molecular flexibility index (Phi) is 1.88. The Labute approximate surface area is 91.6 Å². The molecular formula is C13H20O2. The van der Waals surface area contributed by atoms with Crippen molar-refractivity contribution in [1.29, 1.82) is 0 Å². The van der Waals surface area contributed by atoms with E-state index in [1.807, 2.05) is 0 Å². The first-order chi connectivity index (χ1) is 7.10. The monoisotopic (exact) mass is 208 g/mol. The standard InChI is InChI=1S/C13H20O2/c1-4-11-14-8-13(15-11)10-6-5-9(7-10)12(13,2)3/h4,9-11H,1,5-8H2,2-3H3/t9-,10+,11?,13-/m0/s1. The number of hydrogen-bond acceptors (Lipinski definition) is 2. The van der Waals surface area contributed by atoms with Crippen molar-refractivity contribution >= 4 is 0 Å². The fourth-order valence-corrected chi connectivity index (χ4v) is 4.08. The van der Waals surface area contributed by atoms with E-state index in [9.17, 15) is 0 Å². The minimum Gasteiger partial charge on any atom is -0.346 e. The Morgan fingerprint density at radius 2 is 2.00 bits per heavy atom. The van der Waals surface area contributed by atoms with Crippen molar-refractivity contribution in [3.8, 4) is 0 Å². The van der Waals surface area contributed by atoms with Gasteiger partial charge in [-0.05, 0) is 42.6 Å². The summed E-state index contributed by atoms with van der Waals surface area (Å²) in [6, 6.07) is 0. The molecule has 84 valence electrons. The van der Waals surface area contributed by atoms with Gasteiger partial charge in [-0.15, -0.1) is 0 Å². The quantitative estimate of drug-likeness (QED) is 0.617. The number of hydrogen-bond donors (Lipinski definition) is 0. The molecule has 0 amide bonds. The first-order valence-corrected chi connectivity index (χ1v) is 6.02. The highest BCUT2D eigenvalue weighted by atomic mass is 16.7. The largest absolute Gasteiger partial charge is 0.346 e. The minimum atomic E-state index is -0.177. The van der Waals surface area contributed by atoms with E-state index in [4.69, 9.17) is 9.47 Å². The van der Waals surface area contributed by atoms with Crippen LogP contribution in [0, 0.1) is 17.3 Å². The van der Waals surface area contributed by atoms with Gasteiger partial charge < -0.3 is 9.47 Å². The van der Waals surface area contributed by atoms with Crippen LogP contribution in [0.15, 0.2) is 12.7 Å². The smallest absolute Gasteiger partial charge is 0.177 e. The zero-order chi connectivity index (χ0) is 10.7. The van der Waals surface area contributed by atoms with Gasteiger partial charge in [0.1, 0.15) is 5.60 Å². The summed E-state index contributed by atoms with van der Waals surface area (Å²) in [4.78, 5) is 0. The molecule has 0 aromatic heterocycles. The minimum absolute atomic E-state index is 0.0191. The molecule has 1 aliphatic heterocycles. The van der Waals surface area contributed by atoms with Gasteiger partial charge in [0.25, 0.3) is 0 Å². The molecule has 15 heavy (non-hydrogen) atoms. The van der Waals surface area contributed by atoms with Crippen molar-refractivity contribution in [2.75, 3.05) is 6.61 Å². The van der Waals surface area contributed by atoms with Crippen LogP contribution < -0.4 is 0 Å². The lowest BCUT2D eigenvalue weighted by molar-refractivity contribution is -0.136. The molecule has 1 heterocycles. The first-order valence-electron chi connectivity index (χ1n) is 6.02. The SMILES string of the molecule is C=CC1OC[C@]2(O1)[C@@H]1CC[C@@H](C1)C2(C)C. The molecule has 0 radical (unpaired) electrons. The van der Waals surface area contributed by atoms with Crippen LogP contribution in [0.1, 0.15) is 33.1 Å². The zero-order valence-electron chi connectivity index (χ0n) is 9.66. The molecule has 0 aromatic rings. The van der Waals surface area contributed by atoms with Crippen molar-refractivity contribution < 1.29 is 9.47 Å². The Morgan fingerprint density at radius 1 is 1.27 bits per heavy atom. The summed E-state index contributed by atoms with van der Waals surface area (Å²) >= 11 is 0. The molecule has 4 atom stereocenters. The molecule has 3 fully saturated rings. The highest BCUT2D eigenvalue weighted by Crippen LogP contribution is 2.64. The van der Waals surface area contributed by atoms with Crippen LogP contribution in [0.2, 0.25) is 0 Å². The molecule has 3 aliphatic rings. The van der Waals surface area contributed by atoms with E-state index >= 15 is 0 Å². The van der Waals surface area contributed by atoms with Crippen molar-refractivity contribution in [1.82, 2.24) is 0 Å². The van der Waals surface area contributed by atoms with Crippen molar-refractivity contribution in [3.63, 3.8) is 0 Å². The van der Waals surface area contributed by atoms with Crippen molar-refractivity contribution in [3.05, 3.63) is 12.7 Å². The predicted molar refractivity (Wildman–Crippen MR) is 58.4 cm³/mol. The molecule has 0 aromatic carbocycles. The molecule has 0 N–H and O–H groups in total. The van der Waals surface area contributed by atoms with Crippen LogP contribution in [0.5, 0.6) is 0 Å². The molecule has 1 spiro atoms. The molecule has 2 nitrogen and oxygen atoms in total. The Morgan fingerprint density at radius 3 is 2.53 bits per heavy atom. The molecule has 1 saturated heterocycles. The van der Waals surface area contributed by atoms with Gasteiger partial charge >= 0.3 is 0 Å². The fourth-order valence-electron chi connectivity index (χ4n) is 4.08. The van der Waals surface area contributed by atoms with Crippen LogP contribution in [-0.2, 0) is 9.47 Å². The lowest BCUT2D eigenvalue weighted by Gasteiger charge is -2.45. The van der Waals surface area contributed by atoms with E-state index in [1.54, 1.807) is 6.08 Å². The second-order valence-corrected chi connectivity index (χ2v) is 5.85. The van der Waals surface area contributed by atoms with Crippen LogP contribution in [-0.4, -0.2) is 18.5 Å². The third-order valence-corrected chi connectivity index (χ3v) is 5.18. The maximum Gasteiger partial charge on any atom is 0.177 e. The van der Waals surface area contributed by atoms with Gasteiger partial charge in [0.15, 0.2) is 6.29 Å². The van der Waals surface area contributed by atoms with E-state index < -0.39 is 0 Å². The summed E-state index contributed by atoms with van der Waals surface area (Å²) in [5.41, 5.74) is 0.252. The Balaban J connectivity index is 1.95. The Hall–Kier alpha value is -0.340. The average Bonchev–Trinajstić information content (AvgIpc) is 2.87. The summed E-state index contributed by atoms with van der Waals surface area (Å²) < 4.78 is 11.9. The van der Waals surface area contributed by atoms with Crippen molar-refractivity contribution in [2.45, 2.75) is 45.0 Å². The van der Waals surface area contributed by atoms with E-state index in [0.29, 0.717) is 5.92 Å². The highest BCUT2D eigenvalue weighted by Gasteiger charge is 2.66. The summed E-state index contributed by atoms with van der Waals surface area (Å²) in [5, 5.41) is 0. The summed E-state index contributed by atoms with van der Waals surface area (Å²) in [7, 11) is 0. The molecule has 1 unspecified atom stereocenters. The van der Waals surface area contributed by atoms with Gasteiger partial charge in [-0.3, -0.25) is 0 Å². The van der Waals surface area contributed by atoms with Gasteiger partial charge in [0.05, 0.1) is 6.61 Å². The summed E-state index contributed by atoms with van der Waals surface area (Å²) in [6.07, 6.45) is 5.63. The number of fused-ring (bicyclic) bond motifs is 3. The molecule has 2 bridgehead atoms. The summed E-state index contributed by atoms with van der Waals surface area (Å²) in [6.45, 7) is 9.22. The lowest BCUT2D eigenvalue weighted by atomic mass is 9.66. The fraction of sp³-hybridized carbons (Fsp3) is 0.846. The summed E-state index contributed by atoms with van der Waals surface area (Å²) in [5.74, 6) is 1.54. The second kappa shape index (κ2) is 2.86. The molecule has 2 aliphatic carbocycles. The predicted octanol–water partition coefficient (Wildman–Crippen LogP) is 2.74. The van der Waals surface area contributed by atoms with Crippen LogP contribution in [0.25, 0.3) is 0 Å². The zero-order valence-corrected chi connectivity index (χ0v) is 9.66. The van der Waals surface area contributed by atoms with Gasteiger partial charge in [-0.25, -0.2) is 0 Å². The van der Waals surface area contributed by atoms with E-state index in [1.165, 1.54) is 19.3 Å². The third-order valence-electron chi connectivity index (χ3n) is 5.18. The Bertz CT molecular complexity index is 297. The van der Waals surface area contributed by atoms with Gasteiger partial charge in [-0.2, -0.15) is 0 Å².